The van der Waals surface area contributed by atoms with Crippen molar-refractivity contribution >= 4 is 5.97 Å². The summed E-state index contributed by atoms with van der Waals surface area (Å²) in [6.45, 7) is 5.31. The van der Waals surface area contributed by atoms with Crippen LogP contribution in [0.1, 0.15) is 43.7 Å². The van der Waals surface area contributed by atoms with E-state index in [-0.39, 0.29) is 11.9 Å². The normalized spacial score (nSPS) is 22.5. The van der Waals surface area contributed by atoms with Gasteiger partial charge in [-0.1, -0.05) is 0 Å². The highest BCUT2D eigenvalue weighted by Crippen LogP contribution is 2.25. The molecule has 1 N–H and O–H groups in total. The minimum atomic E-state index is -0.0194. The van der Waals surface area contributed by atoms with Crippen molar-refractivity contribution in [2.45, 2.75) is 52.1 Å². The number of hydrogen-bond acceptors (Lipinski definition) is 4. The molecule has 1 aromatic heterocycles. The standard InChI is InChI=1S/C16H24N2O2/c1-3-20-16(19)13-4-6-15(7-5-13)18-11-14-10-17-9-8-12(14)2/h8-10,13,15,18H,3-7,11H2,1-2H3. The molecule has 0 saturated heterocycles. The number of aryl methyl sites for hydroxylation is 1. The fourth-order valence-corrected chi connectivity index (χ4v) is 2.73. The molecule has 2 rings (SSSR count). The van der Waals surface area contributed by atoms with Gasteiger partial charge in [-0.05, 0) is 56.7 Å². The zero-order valence-corrected chi connectivity index (χ0v) is 12.4. The first-order valence-electron chi connectivity index (χ1n) is 7.50. The molecule has 4 nitrogen and oxygen atoms in total. The minimum absolute atomic E-state index is 0.0194. The number of hydrogen-bond donors (Lipinski definition) is 1. The molecule has 1 aromatic rings. The highest BCUT2D eigenvalue weighted by atomic mass is 16.5. The third-order valence-corrected chi connectivity index (χ3v) is 4.08. The van der Waals surface area contributed by atoms with Gasteiger partial charge in [-0.15, -0.1) is 0 Å². The van der Waals surface area contributed by atoms with Gasteiger partial charge in [0.05, 0.1) is 12.5 Å². The number of esters is 1. The summed E-state index contributed by atoms with van der Waals surface area (Å²) < 4.78 is 5.09. The van der Waals surface area contributed by atoms with Crippen molar-refractivity contribution in [1.82, 2.24) is 10.3 Å². The van der Waals surface area contributed by atoms with Crippen molar-refractivity contribution in [2.24, 2.45) is 5.92 Å². The van der Waals surface area contributed by atoms with E-state index in [9.17, 15) is 4.79 Å². The van der Waals surface area contributed by atoms with Gasteiger partial charge in [0.1, 0.15) is 0 Å². The van der Waals surface area contributed by atoms with E-state index in [1.807, 2.05) is 25.4 Å². The summed E-state index contributed by atoms with van der Waals surface area (Å²) in [4.78, 5) is 15.8. The third kappa shape index (κ3) is 4.04. The second kappa shape index (κ2) is 7.39. The predicted octanol–water partition coefficient (Wildman–Crippen LogP) is 2.60. The van der Waals surface area contributed by atoms with Crippen molar-refractivity contribution in [2.75, 3.05) is 6.61 Å². The molecule has 0 aliphatic heterocycles. The van der Waals surface area contributed by atoms with E-state index < -0.39 is 0 Å². The van der Waals surface area contributed by atoms with Gasteiger partial charge in [0.25, 0.3) is 0 Å². The van der Waals surface area contributed by atoms with Gasteiger partial charge in [-0.25, -0.2) is 0 Å². The molecule has 0 spiro atoms. The third-order valence-electron chi connectivity index (χ3n) is 4.08. The fourth-order valence-electron chi connectivity index (χ4n) is 2.73. The lowest BCUT2D eigenvalue weighted by molar-refractivity contribution is -0.149. The first kappa shape index (κ1) is 15.0. The van der Waals surface area contributed by atoms with E-state index in [2.05, 4.69) is 17.2 Å². The van der Waals surface area contributed by atoms with E-state index in [4.69, 9.17) is 4.74 Å². The lowest BCUT2D eigenvalue weighted by atomic mass is 9.86. The van der Waals surface area contributed by atoms with Crippen LogP contribution in [0.4, 0.5) is 0 Å². The van der Waals surface area contributed by atoms with Crippen LogP contribution in [0.25, 0.3) is 0 Å². The summed E-state index contributed by atoms with van der Waals surface area (Å²) in [6.07, 6.45) is 7.70. The van der Waals surface area contributed by atoms with E-state index in [1.54, 1.807) is 0 Å². The van der Waals surface area contributed by atoms with E-state index >= 15 is 0 Å². The van der Waals surface area contributed by atoms with E-state index in [0.717, 1.165) is 32.2 Å². The Hall–Kier alpha value is -1.42. The van der Waals surface area contributed by atoms with Crippen LogP contribution in [0.15, 0.2) is 18.5 Å². The van der Waals surface area contributed by atoms with Crippen LogP contribution in [0.5, 0.6) is 0 Å². The van der Waals surface area contributed by atoms with E-state index in [1.165, 1.54) is 11.1 Å². The molecule has 1 fully saturated rings. The summed E-state index contributed by atoms with van der Waals surface area (Å²) in [5.41, 5.74) is 2.52. The molecule has 0 bridgehead atoms. The van der Waals surface area contributed by atoms with Gasteiger partial charge in [0, 0.05) is 25.0 Å². The van der Waals surface area contributed by atoms with Crippen LogP contribution in [0, 0.1) is 12.8 Å². The monoisotopic (exact) mass is 276 g/mol. The lowest BCUT2D eigenvalue weighted by Gasteiger charge is -2.28. The van der Waals surface area contributed by atoms with Gasteiger partial charge >= 0.3 is 5.97 Å². The molecular formula is C16H24N2O2. The number of nitrogens with zero attached hydrogens (tertiary/aromatic N) is 1. The molecule has 1 aliphatic rings. The van der Waals surface area contributed by atoms with Gasteiger partial charge in [-0.3, -0.25) is 9.78 Å². The zero-order valence-electron chi connectivity index (χ0n) is 12.4. The van der Waals surface area contributed by atoms with Crippen molar-refractivity contribution < 1.29 is 9.53 Å². The Balaban J connectivity index is 1.75. The Morgan fingerprint density at radius 2 is 2.15 bits per heavy atom. The average Bonchev–Trinajstić information content (AvgIpc) is 2.47. The topological polar surface area (TPSA) is 51.2 Å². The van der Waals surface area contributed by atoms with Crippen LogP contribution < -0.4 is 5.32 Å². The van der Waals surface area contributed by atoms with Gasteiger partial charge in [0.2, 0.25) is 0 Å². The highest BCUT2D eigenvalue weighted by Gasteiger charge is 2.26. The van der Waals surface area contributed by atoms with Gasteiger partial charge < -0.3 is 10.1 Å². The Morgan fingerprint density at radius 1 is 1.40 bits per heavy atom. The van der Waals surface area contributed by atoms with Crippen LogP contribution in [0.2, 0.25) is 0 Å². The quantitative estimate of drug-likeness (QED) is 0.840. The predicted molar refractivity (Wildman–Crippen MR) is 78.2 cm³/mol. The maximum Gasteiger partial charge on any atom is 0.308 e. The summed E-state index contributed by atoms with van der Waals surface area (Å²) in [7, 11) is 0. The van der Waals surface area contributed by atoms with Gasteiger partial charge in [0.15, 0.2) is 0 Å². The van der Waals surface area contributed by atoms with Crippen molar-refractivity contribution in [3.05, 3.63) is 29.6 Å². The van der Waals surface area contributed by atoms with Crippen LogP contribution >= 0.6 is 0 Å². The fraction of sp³-hybridized carbons (Fsp3) is 0.625. The van der Waals surface area contributed by atoms with Crippen LogP contribution in [-0.4, -0.2) is 23.6 Å². The molecule has 0 unspecified atom stereocenters. The molecule has 0 radical (unpaired) electrons. The number of carbonyl (C=O) groups is 1. The van der Waals surface area contributed by atoms with Crippen molar-refractivity contribution in [1.29, 1.82) is 0 Å². The summed E-state index contributed by atoms with van der Waals surface area (Å²) in [6, 6.07) is 2.54. The average molecular weight is 276 g/mol. The summed E-state index contributed by atoms with van der Waals surface area (Å²) in [5.74, 6) is 0.0854. The molecule has 110 valence electrons. The Labute approximate surface area is 120 Å². The molecule has 0 atom stereocenters. The number of carbonyl (C=O) groups excluding carboxylic acids is 1. The Bertz CT molecular complexity index is 440. The summed E-state index contributed by atoms with van der Waals surface area (Å²) in [5, 5.41) is 3.58. The first-order chi connectivity index (χ1) is 9.70. The van der Waals surface area contributed by atoms with Gasteiger partial charge in [-0.2, -0.15) is 0 Å². The maximum absolute atomic E-state index is 11.7. The second-order valence-electron chi connectivity index (χ2n) is 5.48. The van der Waals surface area contributed by atoms with Crippen molar-refractivity contribution in [3.63, 3.8) is 0 Å². The van der Waals surface area contributed by atoms with E-state index in [0.29, 0.717) is 12.6 Å². The number of rotatable bonds is 5. The number of nitrogens with one attached hydrogen (secondary N) is 1. The zero-order chi connectivity index (χ0) is 14.4. The number of aromatic nitrogens is 1. The molecule has 1 aliphatic carbocycles. The van der Waals surface area contributed by atoms with Crippen LogP contribution in [0.3, 0.4) is 0 Å². The second-order valence-corrected chi connectivity index (χ2v) is 5.48. The lowest BCUT2D eigenvalue weighted by Crippen LogP contribution is -2.35. The Kier molecular flexibility index (Phi) is 5.53. The van der Waals surface area contributed by atoms with Crippen LogP contribution in [-0.2, 0) is 16.1 Å². The highest BCUT2D eigenvalue weighted by molar-refractivity contribution is 5.72. The molecule has 20 heavy (non-hydrogen) atoms. The molecule has 1 saturated carbocycles. The number of ether oxygens (including phenoxy) is 1. The molecular weight excluding hydrogens is 252 g/mol. The summed E-state index contributed by atoms with van der Waals surface area (Å²) >= 11 is 0. The van der Waals surface area contributed by atoms with Crippen molar-refractivity contribution in [3.8, 4) is 0 Å². The smallest absolute Gasteiger partial charge is 0.308 e. The molecule has 0 aromatic carbocycles. The SMILES string of the molecule is CCOC(=O)C1CCC(NCc2cnccc2C)CC1. The Morgan fingerprint density at radius 3 is 2.80 bits per heavy atom. The first-order valence-corrected chi connectivity index (χ1v) is 7.50. The molecule has 1 heterocycles. The maximum atomic E-state index is 11.7. The molecule has 4 heteroatoms. The minimum Gasteiger partial charge on any atom is -0.466 e. The molecule has 0 amide bonds. The number of pyridine rings is 1. The largest absolute Gasteiger partial charge is 0.466 e.